The topological polar surface area (TPSA) is 0 Å². The van der Waals surface area contributed by atoms with E-state index in [1.165, 1.54) is 28.1 Å². The molecule has 0 amide bonds. The van der Waals surface area contributed by atoms with E-state index in [1.54, 1.807) is 12.1 Å². The minimum atomic E-state index is -2.43. The normalized spacial score (nSPS) is 13.5. The molecule has 4 rings (SSSR count). The van der Waals surface area contributed by atoms with Crippen LogP contribution in [0.3, 0.4) is 0 Å². The highest BCUT2D eigenvalue weighted by Gasteiger charge is 2.43. The molecule has 168 valence electrons. The first-order valence-corrected chi connectivity index (χ1v) is 17.2. The summed E-state index contributed by atoms with van der Waals surface area (Å²) in [4.78, 5) is 0. The Morgan fingerprint density at radius 3 is 1.48 bits per heavy atom. The van der Waals surface area contributed by atoms with Crippen LogP contribution in [0.5, 0.6) is 0 Å². The van der Waals surface area contributed by atoms with Crippen molar-refractivity contribution in [1.82, 2.24) is 0 Å². The van der Waals surface area contributed by atoms with Gasteiger partial charge >= 0.3 is 0 Å². The van der Waals surface area contributed by atoms with E-state index < -0.39 is 16.1 Å². The quantitative estimate of drug-likeness (QED) is 0.215. The van der Waals surface area contributed by atoms with E-state index in [9.17, 15) is 8.78 Å². The van der Waals surface area contributed by atoms with Gasteiger partial charge in [-0.1, -0.05) is 108 Å². The van der Waals surface area contributed by atoms with Gasteiger partial charge in [0.2, 0.25) is 0 Å². The molecule has 0 saturated carbocycles. The van der Waals surface area contributed by atoms with Gasteiger partial charge in [0.05, 0.1) is 8.07 Å². The molecule has 33 heavy (non-hydrogen) atoms. The van der Waals surface area contributed by atoms with Crippen LogP contribution in [0.4, 0.5) is 8.78 Å². The van der Waals surface area contributed by atoms with Gasteiger partial charge in [0.15, 0.2) is 0 Å². The number of halogens is 3. The lowest BCUT2D eigenvalue weighted by Crippen LogP contribution is -2.66. The second-order valence-electron chi connectivity index (χ2n) is 9.23. The van der Waals surface area contributed by atoms with Gasteiger partial charge in [-0.15, -0.1) is 11.6 Å². The van der Waals surface area contributed by atoms with Crippen LogP contribution in [-0.2, 0) is 0 Å². The van der Waals surface area contributed by atoms with Crippen molar-refractivity contribution in [3.8, 4) is 11.1 Å². The molecular formula is C28H27ClF2Si2. The smallest absolute Gasteiger partial charge is 0.130 e. The Kier molecular flexibility index (Phi) is 6.98. The average Bonchev–Trinajstić information content (AvgIpc) is 2.84. The Bertz CT molecular complexity index is 1190. The van der Waals surface area contributed by atoms with Crippen molar-refractivity contribution in [2.24, 2.45) is 0 Å². The van der Waals surface area contributed by atoms with Crippen LogP contribution in [-0.4, -0.2) is 21.7 Å². The Morgan fingerprint density at radius 2 is 1.00 bits per heavy atom. The predicted octanol–water partition coefficient (Wildman–Crippen LogP) is 6.13. The van der Waals surface area contributed by atoms with Crippen LogP contribution in [0, 0.1) is 11.6 Å². The van der Waals surface area contributed by atoms with E-state index >= 15 is 0 Å². The van der Waals surface area contributed by atoms with Crippen molar-refractivity contribution >= 4 is 43.3 Å². The van der Waals surface area contributed by atoms with E-state index in [-0.39, 0.29) is 11.6 Å². The predicted molar refractivity (Wildman–Crippen MR) is 142 cm³/mol. The highest BCUT2D eigenvalue weighted by atomic mass is 35.5. The van der Waals surface area contributed by atoms with E-state index in [2.05, 4.69) is 49.5 Å². The summed E-state index contributed by atoms with van der Waals surface area (Å²) in [5.74, 6) is -0.467. The molecule has 0 radical (unpaired) electrons. The third-order valence-electron chi connectivity index (χ3n) is 6.54. The van der Waals surface area contributed by atoms with Gasteiger partial charge in [0.1, 0.15) is 19.7 Å². The number of rotatable bonds is 7. The molecule has 4 aromatic rings. The SMILES string of the molecule is C[Si](C)(C[Si](CCl)(c1ccc(F)cc1)c1ccc(-c2ccccc2)cc1)c1ccc(F)cc1. The molecule has 0 aliphatic carbocycles. The van der Waals surface area contributed by atoms with Crippen molar-refractivity contribution in [1.29, 1.82) is 0 Å². The lowest BCUT2D eigenvalue weighted by molar-refractivity contribution is 0.628. The summed E-state index contributed by atoms with van der Waals surface area (Å²) >= 11 is 6.84. The molecule has 0 aliphatic rings. The van der Waals surface area contributed by atoms with Gasteiger partial charge in [0, 0.05) is 5.50 Å². The van der Waals surface area contributed by atoms with Gasteiger partial charge < -0.3 is 0 Å². The second-order valence-corrected chi connectivity index (χ2v) is 19.4. The maximum Gasteiger partial charge on any atom is 0.130 e. The van der Waals surface area contributed by atoms with Crippen LogP contribution >= 0.6 is 11.6 Å². The van der Waals surface area contributed by atoms with Gasteiger partial charge in [-0.25, -0.2) is 8.78 Å². The largest absolute Gasteiger partial charge is 0.207 e. The number of hydrogen-bond acceptors (Lipinski definition) is 0. The van der Waals surface area contributed by atoms with Crippen LogP contribution in [0.15, 0.2) is 103 Å². The molecule has 1 atom stereocenters. The molecule has 0 N–H and O–H groups in total. The Hall–Kier alpha value is -2.54. The summed E-state index contributed by atoms with van der Waals surface area (Å²) < 4.78 is 27.4. The fraction of sp³-hybridized carbons (Fsp3) is 0.143. The summed E-state index contributed by atoms with van der Waals surface area (Å²) in [7, 11) is -4.43. The van der Waals surface area contributed by atoms with Crippen LogP contribution < -0.4 is 15.6 Å². The molecule has 0 heterocycles. The number of alkyl halides is 1. The molecule has 0 nitrogen and oxygen atoms in total. The van der Waals surface area contributed by atoms with Gasteiger partial charge in [-0.05, 0) is 41.1 Å². The van der Waals surface area contributed by atoms with Gasteiger partial charge in [0.25, 0.3) is 0 Å². The minimum absolute atomic E-state index is 0.223. The number of benzene rings is 4. The zero-order chi connectivity index (χ0) is 23.5. The molecule has 0 fully saturated rings. The molecule has 0 aromatic heterocycles. The fourth-order valence-corrected chi connectivity index (χ4v) is 18.7. The summed E-state index contributed by atoms with van der Waals surface area (Å²) in [5, 5.41) is 3.58. The van der Waals surface area contributed by atoms with Crippen LogP contribution in [0.1, 0.15) is 0 Å². The lowest BCUT2D eigenvalue weighted by atomic mass is 10.1. The third-order valence-corrected chi connectivity index (χ3v) is 19.1. The Labute approximate surface area is 201 Å². The molecule has 0 bridgehead atoms. The fourth-order valence-electron chi connectivity index (χ4n) is 4.71. The number of hydrogen-bond donors (Lipinski definition) is 0. The van der Waals surface area contributed by atoms with E-state index in [4.69, 9.17) is 11.6 Å². The summed E-state index contributed by atoms with van der Waals surface area (Å²) in [6.07, 6.45) is 0. The molecule has 0 saturated heterocycles. The van der Waals surface area contributed by atoms with E-state index in [0.717, 1.165) is 16.4 Å². The highest BCUT2D eigenvalue weighted by Crippen LogP contribution is 2.24. The monoisotopic (exact) mass is 492 g/mol. The van der Waals surface area contributed by atoms with Crippen molar-refractivity contribution in [2.75, 3.05) is 5.50 Å². The van der Waals surface area contributed by atoms with Crippen molar-refractivity contribution in [3.05, 3.63) is 115 Å². The summed E-state index contributed by atoms with van der Waals surface area (Å²) in [6.45, 7) is 4.63. The van der Waals surface area contributed by atoms with E-state index in [1.807, 2.05) is 42.5 Å². The zero-order valence-corrected chi connectivity index (χ0v) is 21.6. The molecule has 4 aromatic carbocycles. The maximum absolute atomic E-state index is 13.8. The maximum atomic E-state index is 13.8. The van der Waals surface area contributed by atoms with Crippen molar-refractivity contribution < 1.29 is 8.78 Å². The molecule has 1 unspecified atom stereocenters. The minimum Gasteiger partial charge on any atom is -0.207 e. The Morgan fingerprint density at radius 1 is 0.576 bits per heavy atom. The van der Waals surface area contributed by atoms with Crippen molar-refractivity contribution in [3.63, 3.8) is 0 Å². The molecule has 0 spiro atoms. The molecular weight excluding hydrogens is 466 g/mol. The first-order valence-electron chi connectivity index (χ1n) is 11.1. The standard InChI is InChI=1S/C28H27ClF2Si2/c1-32(2,26-16-10-24(30)11-17-26)21-33(20-29,28-18-12-25(31)13-19-28)27-14-8-23(9-15-27)22-6-4-3-5-7-22/h3-19H,20-21H2,1-2H3. The van der Waals surface area contributed by atoms with Crippen molar-refractivity contribution in [2.45, 2.75) is 18.8 Å². The molecule has 0 aliphatic heterocycles. The second kappa shape index (κ2) is 9.76. The van der Waals surface area contributed by atoms with Gasteiger partial charge in [-0.3, -0.25) is 0 Å². The zero-order valence-electron chi connectivity index (χ0n) is 18.9. The van der Waals surface area contributed by atoms with E-state index in [0.29, 0.717) is 5.50 Å². The van der Waals surface area contributed by atoms with Crippen LogP contribution in [0.25, 0.3) is 11.1 Å². The highest BCUT2D eigenvalue weighted by molar-refractivity contribution is 7.14. The molecule has 5 heteroatoms. The Balaban J connectivity index is 1.80. The lowest BCUT2D eigenvalue weighted by Gasteiger charge is -2.38. The van der Waals surface area contributed by atoms with Crippen LogP contribution in [0.2, 0.25) is 18.8 Å². The average molecular weight is 493 g/mol. The van der Waals surface area contributed by atoms with Gasteiger partial charge in [-0.2, -0.15) is 0 Å². The summed E-state index contributed by atoms with van der Waals surface area (Å²) in [5.41, 5.74) is 3.78. The third kappa shape index (κ3) is 5.03. The summed E-state index contributed by atoms with van der Waals surface area (Å²) in [6, 6.07) is 32.8. The first-order chi connectivity index (χ1) is 15.8. The first kappa shape index (κ1) is 23.6.